The van der Waals surface area contributed by atoms with Crippen LogP contribution in [0.25, 0.3) is 33.8 Å². The highest BCUT2D eigenvalue weighted by Crippen LogP contribution is 2.27. The lowest BCUT2D eigenvalue weighted by atomic mass is 10.1. The van der Waals surface area contributed by atoms with Gasteiger partial charge in [-0.2, -0.15) is 4.98 Å². The summed E-state index contributed by atoms with van der Waals surface area (Å²) >= 11 is 0. The van der Waals surface area contributed by atoms with Crippen molar-refractivity contribution in [3.05, 3.63) is 58.2 Å². The fourth-order valence-corrected chi connectivity index (χ4v) is 3.18. The third-order valence-corrected chi connectivity index (χ3v) is 4.96. The molecule has 0 saturated heterocycles. The molecule has 0 aliphatic heterocycles. The Bertz CT molecular complexity index is 1360. The summed E-state index contributed by atoms with van der Waals surface area (Å²) in [6, 6.07) is 8.82. The number of carbonyl (C=O) groups is 1. The Hall–Kier alpha value is -4.01. The van der Waals surface area contributed by atoms with Crippen molar-refractivity contribution >= 4 is 16.9 Å². The number of pyridine rings is 1. The third kappa shape index (κ3) is 4.62. The number of aryl methyl sites for hydroxylation is 1. The molecule has 0 atom stereocenters. The Kier molecular flexibility index (Phi) is 6.21. The van der Waals surface area contributed by atoms with Crippen LogP contribution in [-0.2, 0) is 16.1 Å². The normalized spacial score (nSPS) is 11.2. The van der Waals surface area contributed by atoms with E-state index in [1.807, 2.05) is 6.92 Å². The average Bonchev–Trinajstić information content (AvgIpc) is 3.29. The van der Waals surface area contributed by atoms with Crippen LogP contribution in [-0.4, -0.2) is 27.7 Å². The van der Waals surface area contributed by atoms with Gasteiger partial charge in [-0.3, -0.25) is 9.78 Å². The largest absolute Gasteiger partial charge is 0.494 e. The van der Waals surface area contributed by atoms with E-state index in [2.05, 4.69) is 15.1 Å². The Balaban J connectivity index is 1.71. The van der Waals surface area contributed by atoms with Crippen LogP contribution in [0, 0.1) is 12.8 Å². The molecule has 9 nitrogen and oxygen atoms in total. The molecule has 0 N–H and O–H groups in total. The van der Waals surface area contributed by atoms with E-state index in [1.54, 1.807) is 57.3 Å². The minimum absolute atomic E-state index is 0.00474. The molecule has 0 aliphatic rings. The highest BCUT2D eigenvalue weighted by molar-refractivity contribution is 5.85. The molecule has 0 fully saturated rings. The van der Waals surface area contributed by atoms with Crippen molar-refractivity contribution in [2.45, 2.75) is 34.3 Å². The van der Waals surface area contributed by atoms with E-state index in [1.165, 1.54) is 0 Å². The highest BCUT2D eigenvalue weighted by Gasteiger charge is 2.19. The van der Waals surface area contributed by atoms with Crippen molar-refractivity contribution in [3.8, 4) is 28.6 Å². The van der Waals surface area contributed by atoms with Crippen molar-refractivity contribution < 1.29 is 23.2 Å². The SMILES string of the molecule is CCOc1ccc(-c2noc(-c3cc4c(COC(=O)C(C)C)cnc(C)c4oc3=O)n2)cc1. The Morgan fingerprint density at radius 1 is 1.18 bits per heavy atom. The van der Waals surface area contributed by atoms with Gasteiger partial charge in [-0.25, -0.2) is 4.79 Å². The molecule has 0 bridgehead atoms. The molecule has 0 amide bonds. The smallest absolute Gasteiger partial charge is 0.349 e. The second kappa shape index (κ2) is 9.23. The zero-order valence-electron chi connectivity index (χ0n) is 18.7. The van der Waals surface area contributed by atoms with E-state index in [0.29, 0.717) is 40.2 Å². The molecule has 4 aromatic rings. The van der Waals surface area contributed by atoms with Gasteiger partial charge in [-0.1, -0.05) is 19.0 Å². The molecule has 9 heteroatoms. The van der Waals surface area contributed by atoms with Gasteiger partial charge < -0.3 is 18.4 Å². The lowest BCUT2D eigenvalue weighted by Crippen LogP contribution is -2.12. The number of benzene rings is 1. The molecule has 33 heavy (non-hydrogen) atoms. The van der Waals surface area contributed by atoms with Crippen LogP contribution in [0.15, 0.2) is 50.3 Å². The van der Waals surface area contributed by atoms with Crippen LogP contribution >= 0.6 is 0 Å². The fraction of sp³-hybridized carbons (Fsp3) is 0.292. The molecule has 4 rings (SSSR count). The van der Waals surface area contributed by atoms with Gasteiger partial charge in [0.05, 0.1) is 18.2 Å². The van der Waals surface area contributed by atoms with Crippen LogP contribution in [0.3, 0.4) is 0 Å². The molecular weight excluding hydrogens is 426 g/mol. The summed E-state index contributed by atoms with van der Waals surface area (Å²) in [5.74, 6) is 0.481. The van der Waals surface area contributed by atoms with Crippen LogP contribution in [0.1, 0.15) is 32.0 Å². The van der Waals surface area contributed by atoms with E-state index in [0.717, 1.165) is 5.75 Å². The molecule has 3 heterocycles. The van der Waals surface area contributed by atoms with E-state index in [9.17, 15) is 9.59 Å². The molecule has 0 unspecified atom stereocenters. The summed E-state index contributed by atoms with van der Waals surface area (Å²) in [5.41, 5.74) is 1.63. The van der Waals surface area contributed by atoms with E-state index in [4.69, 9.17) is 18.4 Å². The Labute approximate surface area is 189 Å². The molecule has 0 aliphatic carbocycles. The summed E-state index contributed by atoms with van der Waals surface area (Å²) < 4.78 is 21.7. The van der Waals surface area contributed by atoms with Crippen LogP contribution in [0.2, 0.25) is 0 Å². The number of ether oxygens (including phenoxy) is 2. The second-order valence-corrected chi connectivity index (χ2v) is 7.70. The summed E-state index contributed by atoms with van der Waals surface area (Å²) in [6.07, 6.45) is 1.59. The predicted octanol–water partition coefficient (Wildman–Crippen LogP) is 4.31. The van der Waals surface area contributed by atoms with Gasteiger partial charge >= 0.3 is 11.6 Å². The molecule has 0 radical (unpaired) electrons. The van der Waals surface area contributed by atoms with E-state index in [-0.39, 0.29) is 29.9 Å². The Morgan fingerprint density at radius 2 is 1.94 bits per heavy atom. The number of nitrogens with zero attached hydrogens (tertiary/aromatic N) is 3. The molecular formula is C24H23N3O6. The highest BCUT2D eigenvalue weighted by atomic mass is 16.5. The summed E-state index contributed by atoms with van der Waals surface area (Å²) in [6.45, 7) is 7.70. The number of hydrogen-bond acceptors (Lipinski definition) is 9. The van der Waals surface area contributed by atoms with Crippen LogP contribution in [0.5, 0.6) is 5.75 Å². The minimum atomic E-state index is -0.634. The van der Waals surface area contributed by atoms with Crippen LogP contribution in [0.4, 0.5) is 0 Å². The predicted molar refractivity (Wildman–Crippen MR) is 120 cm³/mol. The monoisotopic (exact) mass is 449 g/mol. The summed E-state index contributed by atoms with van der Waals surface area (Å²) in [5, 5.41) is 4.57. The van der Waals surface area contributed by atoms with Gasteiger partial charge in [0.1, 0.15) is 17.9 Å². The summed E-state index contributed by atoms with van der Waals surface area (Å²) in [7, 11) is 0. The lowest BCUT2D eigenvalue weighted by Gasteiger charge is -2.10. The first kappa shape index (κ1) is 22.2. The molecule has 0 spiro atoms. The minimum Gasteiger partial charge on any atom is -0.494 e. The van der Waals surface area contributed by atoms with Crippen molar-refractivity contribution in [2.75, 3.05) is 6.61 Å². The molecule has 3 aromatic heterocycles. The molecule has 1 aromatic carbocycles. The number of rotatable bonds is 7. The maximum absolute atomic E-state index is 12.7. The van der Waals surface area contributed by atoms with Crippen molar-refractivity contribution in [1.29, 1.82) is 0 Å². The average molecular weight is 449 g/mol. The second-order valence-electron chi connectivity index (χ2n) is 7.70. The maximum atomic E-state index is 12.7. The van der Waals surface area contributed by atoms with Gasteiger partial charge in [0.15, 0.2) is 5.58 Å². The molecule has 0 saturated carbocycles. The topological polar surface area (TPSA) is 118 Å². The van der Waals surface area contributed by atoms with Gasteiger partial charge in [0.2, 0.25) is 5.82 Å². The first-order valence-corrected chi connectivity index (χ1v) is 10.5. The zero-order valence-corrected chi connectivity index (χ0v) is 18.7. The number of esters is 1. The first-order chi connectivity index (χ1) is 15.9. The van der Waals surface area contributed by atoms with Gasteiger partial charge in [-0.05, 0) is 44.2 Å². The summed E-state index contributed by atoms with van der Waals surface area (Å²) in [4.78, 5) is 33.2. The van der Waals surface area contributed by atoms with Crippen molar-refractivity contribution in [2.24, 2.45) is 5.92 Å². The number of aromatic nitrogens is 3. The Morgan fingerprint density at radius 3 is 2.64 bits per heavy atom. The zero-order chi connectivity index (χ0) is 23.5. The van der Waals surface area contributed by atoms with Crippen LogP contribution < -0.4 is 10.4 Å². The standard InChI is InChI=1S/C24H23N3O6/c1-5-30-17-8-6-15(7-9-17)21-26-22(33-27-21)19-10-18-16(12-31-23(28)13(2)3)11-25-14(4)20(18)32-24(19)29/h6-11,13H,5,12H2,1-4H3. The first-order valence-electron chi connectivity index (χ1n) is 10.5. The quantitative estimate of drug-likeness (QED) is 0.380. The van der Waals surface area contributed by atoms with E-state index < -0.39 is 5.63 Å². The van der Waals surface area contributed by atoms with Crippen molar-refractivity contribution in [3.63, 3.8) is 0 Å². The number of fused-ring (bicyclic) bond motifs is 1. The molecule has 170 valence electrons. The third-order valence-electron chi connectivity index (χ3n) is 4.96. The van der Waals surface area contributed by atoms with E-state index >= 15 is 0 Å². The van der Waals surface area contributed by atoms with Crippen molar-refractivity contribution in [1.82, 2.24) is 15.1 Å². The van der Waals surface area contributed by atoms with Gasteiger partial charge in [-0.15, -0.1) is 0 Å². The fourth-order valence-electron chi connectivity index (χ4n) is 3.18. The van der Waals surface area contributed by atoms with Gasteiger partial charge in [0, 0.05) is 22.7 Å². The number of carbonyl (C=O) groups excluding carboxylic acids is 1. The maximum Gasteiger partial charge on any atom is 0.349 e. The number of hydrogen-bond donors (Lipinski definition) is 0. The van der Waals surface area contributed by atoms with Gasteiger partial charge in [0.25, 0.3) is 5.89 Å². The lowest BCUT2D eigenvalue weighted by molar-refractivity contribution is -0.148.